The van der Waals surface area contributed by atoms with Crippen molar-refractivity contribution in [2.75, 3.05) is 0 Å². The first-order valence-corrected chi connectivity index (χ1v) is 7.53. The molecule has 2 N–H and O–H groups in total. The molecule has 0 radical (unpaired) electrons. The lowest BCUT2D eigenvalue weighted by Gasteiger charge is -2.35. The van der Waals surface area contributed by atoms with E-state index in [0.717, 1.165) is 24.3 Å². The number of hydrogen-bond donors (Lipinski definition) is 1. The van der Waals surface area contributed by atoms with Gasteiger partial charge >= 0.3 is 0 Å². The summed E-state index contributed by atoms with van der Waals surface area (Å²) in [5.41, 5.74) is 5.51. The van der Waals surface area contributed by atoms with Crippen molar-refractivity contribution in [1.82, 2.24) is 15.0 Å². The number of nitrogens with two attached hydrogens (primary N) is 1. The molecular formula is C14H25ClN4O. The highest BCUT2D eigenvalue weighted by Gasteiger charge is 2.36. The standard InChI is InChI=1S/C14H24N4O.ClH/c1-10-2-4-11(5-3-10)18(12-6-7-12)9-13-16-14(8-15)19-17-13;/h10-12H,2-9,15H2,1H3;1H. The van der Waals surface area contributed by atoms with Crippen molar-refractivity contribution in [2.24, 2.45) is 11.7 Å². The summed E-state index contributed by atoms with van der Waals surface area (Å²) in [6.45, 7) is 3.52. The first-order chi connectivity index (χ1) is 9.26. The predicted octanol–water partition coefficient (Wildman–Crippen LogP) is 2.49. The maximum atomic E-state index is 5.51. The summed E-state index contributed by atoms with van der Waals surface area (Å²) in [5.74, 6) is 2.24. The normalized spacial score (nSPS) is 26.6. The second-order valence-corrected chi connectivity index (χ2v) is 6.13. The maximum absolute atomic E-state index is 5.51. The number of halogens is 1. The predicted molar refractivity (Wildman–Crippen MR) is 79.4 cm³/mol. The van der Waals surface area contributed by atoms with Gasteiger partial charge in [-0.25, -0.2) is 0 Å². The van der Waals surface area contributed by atoms with Crippen LogP contribution >= 0.6 is 12.4 Å². The van der Waals surface area contributed by atoms with E-state index in [0.29, 0.717) is 18.5 Å². The van der Waals surface area contributed by atoms with Gasteiger partial charge in [0.15, 0.2) is 5.82 Å². The molecule has 1 heterocycles. The lowest BCUT2D eigenvalue weighted by Crippen LogP contribution is -2.39. The quantitative estimate of drug-likeness (QED) is 0.905. The molecule has 0 aromatic carbocycles. The molecule has 1 aromatic rings. The molecule has 0 spiro atoms. The minimum atomic E-state index is 0. The van der Waals surface area contributed by atoms with Gasteiger partial charge in [-0.1, -0.05) is 12.1 Å². The van der Waals surface area contributed by atoms with Gasteiger partial charge in [0.2, 0.25) is 5.89 Å². The molecule has 1 aromatic heterocycles. The Morgan fingerprint density at radius 2 is 1.75 bits per heavy atom. The lowest BCUT2D eigenvalue weighted by atomic mass is 9.86. The van der Waals surface area contributed by atoms with Crippen LogP contribution in [0.3, 0.4) is 0 Å². The number of hydrogen-bond acceptors (Lipinski definition) is 5. The van der Waals surface area contributed by atoms with Crippen LogP contribution in [0.15, 0.2) is 4.52 Å². The van der Waals surface area contributed by atoms with Crippen LogP contribution in [0.25, 0.3) is 0 Å². The molecule has 2 saturated carbocycles. The SMILES string of the molecule is CC1CCC(N(Cc2noc(CN)n2)C2CC2)CC1.Cl. The Bertz CT molecular complexity index is 413. The van der Waals surface area contributed by atoms with E-state index in [1.165, 1.54) is 38.5 Å². The van der Waals surface area contributed by atoms with E-state index in [1.54, 1.807) is 0 Å². The van der Waals surface area contributed by atoms with Gasteiger partial charge in [-0.2, -0.15) is 4.98 Å². The summed E-state index contributed by atoms with van der Waals surface area (Å²) in [7, 11) is 0. The molecule has 5 nitrogen and oxygen atoms in total. The molecule has 0 aliphatic heterocycles. The average Bonchev–Trinajstić information content (AvgIpc) is 3.17. The van der Waals surface area contributed by atoms with Gasteiger partial charge in [-0.15, -0.1) is 12.4 Å². The number of rotatable bonds is 5. The van der Waals surface area contributed by atoms with E-state index in [2.05, 4.69) is 22.0 Å². The Balaban J connectivity index is 0.00000147. The van der Waals surface area contributed by atoms with E-state index in [-0.39, 0.29) is 12.4 Å². The second-order valence-electron chi connectivity index (χ2n) is 6.13. The van der Waals surface area contributed by atoms with Crippen LogP contribution in [0.4, 0.5) is 0 Å². The van der Waals surface area contributed by atoms with Gasteiger partial charge in [-0.05, 0) is 44.4 Å². The molecule has 114 valence electrons. The molecule has 2 aliphatic carbocycles. The van der Waals surface area contributed by atoms with E-state index < -0.39 is 0 Å². The highest BCUT2D eigenvalue weighted by molar-refractivity contribution is 5.85. The van der Waals surface area contributed by atoms with Gasteiger partial charge in [-0.3, -0.25) is 4.90 Å². The highest BCUT2D eigenvalue weighted by Crippen LogP contribution is 2.35. The Labute approximate surface area is 126 Å². The summed E-state index contributed by atoms with van der Waals surface area (Å²) >= 11 is 0. The van der Waals surface area contributed by atoms with Crippen LogP contribution in [0.2, 0.25) is 0 Å². The van der Waals surface area contributed by atoms with Gasteiger partial charge in [0.1, 0.15) is 0 Å². The number of aromatic nitrogens is 2. The van der Waals surface area contributed by atoms with Crippen LogP contribution in [0.1, 0.15) is 57.2 Å². The molecular weight excluding hydrogens is 276 g/mol. The number of nitrogens with zero attached hydrogens (tertiary/aromatic N) is 3. The second kappa shape index (κ2) is 6.87. The zero-order chi connectivity index (χ0) is 13.2. The summed E-state index contributed by atoms with van der Waals surface area (Å²) in [6, 6.07) is 1.46. The van der Waals surface area contributed by atoms with Gasteiger partial charge in [0.05, 0.1) is 13.1 Å². The van der Waals surface area contributed by atoms with E-state index in [1.807, 2.05) is 0 Å². The van der Waals surface area contributed by atoms with Crippen LogP contribution in [0, 0.1) is 5.92 Å². The van der Waals surface area contributed by atoms with Crippen molar-refractivity contribution in [2.45, 2.75) is 70.6 Å². The fourth-order valence-electron chi connectivity index (χ4n) is 3.14. The molecule has 0 unspecified atom stereocenters. The van der Waals surface area contributed by atoms with E-state index >= 15 is 0 Å². The molecule has 2 fully saturated rings. The van der Waals surface area contributed by atoms with Crippen molar-refractivity contribution < 1.29 is 4.52 Å². The summed E-state index contributed by atoms with van der Waals surface area (Å²) < 4.78 is 5.11. The average molecular weight is 301 g/mol. The molecule has 2 aliphatic rings. The van der Waals surface area contributed by atoms with Gasteiger partial charge < -0.3 is 10.3 Å². The smallest absolute Gasteiger partial charge is 0.240 e. The first kappa shape index (κ1) is 15.7. The third kappa shape index (κ3) is 3.71. The molecule has 20 heavy (non-hydrogen) atoms. The van der Waals surface area contributed by atoms with Gasteiger partial charge in [0.25, 0.3) is 0 Å². The first-order valence-electron chi connectivity index (χ1n) is 7.53. The molecule has 0 bridgehead atoms. The van der Waals surface area contributed by atoms with Crippen LogP contribution in [-0.4, -0.2) is 27.1 Å². The Hall–Kier alpha value is -0.650. The lowest BCUT2D eigenvalue weighted by molar-refractivity contribution is 0.120. The molecule has 3 rings (SSSR count). The van der Waals surface area contributed by atoms with Crippen molar-refractivity contribution in [3.63, 3.8) is 0 Å². The van der Waals surface area contributed by atoms with Gasteiger partial charge in [0, 0.05) is 12.1 Å². The summed E-state index contributed by atoms with van der Waals surface area (Å²) in [6.07, 6.45) is 8.00. The highest BCUT2D eigenvalue weighted by atomic mass is 35.5. The zero-order valence-electron chi connectivity index (χ0n) is 12.1. The van der Waals surface area contributed by atoms with Crippen molar-refractivity contribution in [1.29, 1.82) is 0 Å². The van der Waals surface area contributed by atoms with Crippen molar-refractivity contribution in [3.05, 3.63) is 11.7 Å². The van der Waals surface area contributed by atoms with E-state index in [4.69, 9.17) is 10.3 Å². The zero-order valence-corrected chi connectivity index (χ0v) is 12.9. The van der Waals surface area contributed by atoms with E-state index in [9.17, 15) is 0 Å². The van der Waals surface area contributed by atoms with Crippen molar-refractivity contribution in [3.8, 4) is 0 Å². The molecule has 0 atom stereocenters. The van der Waals surface area contributed by atoms with Crippen LogP contribution in [-0.2, 0) is 13.1 Å². The monoisotopic (exact) mass is 300 g/mol. The molecule has 0 amide bonds. The minimum absolute atomic E-state index is 0. The topological polar surface area (TPSA) is 68.2 Å². The van der Waals surface area contributed by atoms with Crippen LogP contribution in [0.5, 0.6) is 0 Å². The molecule has 6 heteroatoms. The minimum Gasteiger partial charge on any atom is -0.338 e. The summed E-state index contributed by atoms with van der Waals surface area (Å²) in [4.78, 5) is 6.95. The fraction of sp³-hybridized carbons (Fsp3) is 0.857. The third-order valence-corrected chi connectivity index (χ3v) is 4.48. The van der Waals surface area contributed by atoms with Crippen molar-refractivity contribution >= 4 is 12.4 Å². The van der Waals surface area contributed by atoms with Crippen LogP contribution < -0.4 is 5.73 Å². The Morgan fingerprint density at radius 1 is 1.15 bits per heavy atom. The molecule has 0 saturated heterocycles. The largest absolute Gasteiger partial charge is 0.338 e. The summed E-state index contributed by atoms with van der Waals surface area (Å²) in [5, 5.41) is 4.04. The Kier molecular flexibility index (Phi) is 5.41. The maximum Gasteiger partial charge on any atom is 0.240 e. The third-order valence-electron chi connectivity index (χ3n) is 4.48. The Morgan fingerprint density at radius 3 is 2.25 bits per heavy atom. The fourth-order valence-corrected chi connectivity index (χ4v) is 3.14.